The van der Waals surface area contributed by atoms with Crippen LogP contribution < -0.4 is 0 Å². The molecular formula is C30H58O16. The number of hydrogen-bond acceptors (Lipinski definition) is 15. The molecule has 2 N–H and O–H groups in total. The second-order valence-corrected chi connectivity index (χ2v) is 9.28. The first-order chi connectivity index (χ1) is 22.7. The molecule has 0 heterocycles. The largest absolute Gasteiger partial charge is 0.481 e. The molecule has 0 rings (SSSR count). The Bertz CT molecular complexity index is 628. The minimum Gasteiger partial charge on any atom is -0.481 e. The van der Waals surface area contributed by atoms with E-state index in [4.69, 9.17) is 67.1 Å². The predicted molar refractivity (Wildman–Crippen MR) is 163 cm³/mol. The number of aliphatic carboxylic acids is 1. The summed E-state index contributed by atoms with van der Waals surface area (Å²) in [5, 5.41) is 17.1. The average Bonchev–Trinajstić information content (AvgIpc) is 3.05. The molecule has 0 saturated heterocycles. The number of rotatable bonds is 40. The zero-order valence-corrected chi connectivity index (χ0v) is 27.4. The van der Waals surface area contributed by atoms with E-state index in [-0.39, 0.29) is 38.6 Å². The predicted octanol–water partition coefficient (Wildman–Crippen LogP) is 0.350. The van der Waals surface area contributed by atoms with Crippen molar-refractivity contribution in [3.8, 4) is 0 Å². The van der Waals surface area contributed by atoms with Crippen molar-refractivity contribution in [1.82, 2.24) is 0 Å². The Morgan fingerprint density at radius 2 is 0.587 bits per heavy atom. The van der Waals surface area contributed by atoms with Crippen LogP contribution in [0.15, 0.2) is 0 Å². The van der Waals surface area contributed by atoms with Crippen molar-refractivity contribution in [2.45, 2.75) is 25.7 Å². The molecule has 0 spiro atoms. The van der Waals surface area contributed by atoms with Crippen LogP contribution in [0, 0.1) is 0 Å². The maximum Gasteiger partial charge on any atom is 0.305 e. The second kappa shape index (κ2) is 39.6. The van der Waals surface area contributed by atoms with Crippen molar-refractivity contribution < 1.29 is 76.6 Å². The highest BCUT2D eigenvalue weighted by molar-refractivity contribution is 5.69. The van der Waals surface area contributed by atoms with E-state index in [9.17, 15) is 9.59 Å². The molecule has 0 saturated carbocycles. The summed E-state index contributed by atoms with van der Waals surface area (Å²) in [6.45, 7) is 10.2. The minimum atomic E-state index is -0.865. The molecule has 0 fully saturated rings. The number of ether oxygens (including phenoxy) is 12. The molecular weight excluding hydrogens is 616 g/mol. The van der Waals surface area contributed by atoms with Crippen LogP contribution in [0.2, 0.25) is 0 Å². The third-order valence-corrected chi connectivity index (χ3v) is 5.47. The highest BCUT2D eigenvalue weighted by atomic mass is 16.6. The number of hydrogen-bond donors (Lipinski definition) is 2. The van der Waals surface area contributed by atoms with Crippen LogP contribution in [0.4, 0.5) is 0 Å². The van der Waals surface area contributed by atoms with Crippen molar-refractivity contribution in [3.05, 3.63) is 0 Å². The maximum absolute atomic E-state index is 11.5. The molecule has 0 aromatic carbocycles. The molecule has 46 heavy (non-hydrogen) atoms. The number of aliphatic hydroxyl groups excluding tert-OH is 1. The fourth-order valence-corrected chi connectivity index (χ4v) is 3.20. The summed E-state index contributed by atoms with van der Waals surface area (Å²) in [4.78, 5) is 21.9. The molecule has 16 heteroatoms. The molecule has 0 aromatic heterocycles. The van der Waals surface area contributed by atoms with Gasteiger partial charge in [0.15, 0.2) is 0 Å². The SMILES string of the molecule is O=C(O)CCCCC(=O)OCCOCCOCCOCCOCCOCCOCCOCCOCCOCCOCCOCCO. The van der Waals surface area contributed by atoms with Crippen molar-refractivity contribution >= 4 is 11.9 Å². The first-order valence-electron chi connectivity index (χ1n) is 16.0. The fourth-order valence-electron chi connectivity index (χ4n) is 3.20. The summed E-state index contributed by atoms with van der Waals surface area (Å²) in [5.41, 5.74) is 0. The smallest absolute Gasteiger partial charge is 0.305 e. The van der Waals surface area contributed by atoms with Gasteiger partial charge in [-0.2, -0.15) is 0 Å². The van der Waals surface area contributed by atoms with Crippen molar-refractivity contribution in [2.75, 3.05) is 159 Å². The van der Waals surface area contributed by atoms with Crippen LogP contribution in [-0.2, 0) is 66.4 Å². The van der Waals surface area contributed by atoms with Gasteiger partial charge in [-0.05, 0) is 12.8 Å². The molecule has 16 nitrogen and oxygen atoms in total. The number of esters is 1. The molecule has 0 aliphatic heterocycles. The number of aliphatic hydroxyl groups is 1. The average molecular weight is 675 g/mol. The Balaban J connectivity index is 3.09. The lowest BCUT2D eigenvalue weighted by Crippen LogP contribution is -2.15. The molecule has 0 aliphatic carbocycles. The highest BCUT2D eigenvalue weighted by Gasteiger charge is 2.04. The van der Waals surface area contributed by atoms with Crippen LogP contribution in [-0.4, -0.2) is 181 Å². The van der Waals surface area contributed by atoms with Gasteiger partial charge in [0.2, 0.25) is 0 Å². The van der Waals surface area contributed by atoms with Crippen molar-refractivity contribution in [2.24, 2.45) is 0 Å². The Morgan fingerprint density at radius 1 is 0.348 bits per heavy atom. The third-order valence-electron chi connectivity index (χ3n) is 5.47. The van der Waals surface area contributed by atoms with Gasteiger partial charge in [0.1, 0.15) is 6.61 Å². The Hall–Kier alpha value is -1.54. The van der Waals surface area contributed by atoms with E-state index in [0.29, 0.717) is 152 Å². The number of carboxylic acid groups (broad SMARTS) is 1. The number of unbranched alkanes of at least 4 members (excludes halogenated alkanes) is 1. The van der Waals surface area contributed by atoms with E-state index in [1.807, 2.05) is 0 Å². The Morgan fingerprint density at radius 3 is 0.848 bits per heavy atom. The van der Waals surface area contributed by atoms with Gasteiger partial charge in [0, 0.05) is 12.8 Å². The van der Waals surface area contributed by atoms with Gasteiger partial charge >= 0.3 is 11.9 Å². The van der Waals surface area contributed by atoms with E-state index in [2.05, 4.69) is 0 Å². The van der Waals surface area contributed by atoms with Crippen LogP contribution in [0.25, 0.3) is 0 Å². The standard InChI is InChI=1S/C30H58O16/c31-5-6-35-7-8-36-9-10-37-11-12-38-13-14-39-15-16-40-17-18-41-19-20-42-21-22-43-23-24-44-25-26-45-27-28-46-30(34)4-2-1-3-29(32)33/h31H,1-28H2,(H,32,33). The summed E-state index contributed by atoms with van der Waals surface area (Å²) in [6.07, 6.45) is 1.23. The summed E-state index contributed by atoms with van der Waals surface area (Å²) in [6, 6.07) is 0. The van der Waals surface area contributed by atoms with Gasteiger partial charge in [-0.15, -0.1) is 0 Å². The lowest BCUT2D eigenvalue weighted by atomic mass is 10.2. The van der Waals surface area contributed by atoms with Crippen molar-refractivity contribution in [3.63, 3.8) is 0 Å². The first kappa shape index (κ1) is 44.5. The van der Waals surface area contributed by atoms with Gasteiger partial charge in [-0.25, -0.2) is 0 Å². The van der Waals surface area contributed by atoms with Crippen molar-refractivity contribution in [1.29, 1.82) is 0 Å². The summed E-state index contributed by atoms with van der Waals surface area (Å²) in [7, 11) is 0. The molecule has 0 radical (unpaired) electrons. The summed E-state index contributed by atoms with van der Waals surface area (Å²) >= 11 is 0. The Labute approximate surface area is 273 Å². The maximum atomic E-state index is 11.5. The van der Waals surface area contributed by atoms with E-state index in [1.54, 1.807) is 0 Å². The van der Waals surface area contributed by atoms with Gasteiger partial charge in [-0.3, -0.25) is 9.59 Å². The number of carboxylic acids is 1. The first-order valence-corrected chi connectivity index (χ1v) is 16.0. The van der Waals surface area contributed by atoms with Gasteiger partial charge < -0.3 is 67.1 Å². The molecule has 274 valence electrons. The summed E-state index contributed by atoms with van der Waals surface area (Å²) in [5.74, 6) is -1.21. The molecule has 0 atom stereocenters. The van der Waals surface area contributed by atoms with E-state index in [1.165, 1.54) is 0 Å². The monoisotopic (exact) mass is 674 g/mol. The van der Waals surface area contributed by atoms with Gasteiger partial charge in [0.25, 0.3) is 0 Å². The number of carbonyl (C=O) groups is 2. The second-order valence-electron chi connectivity index (χ2n) is 9.28. The van der Waals surface area contributed by atoms with Crippen LogP contribution >= 0.6 is 0 Å². The van der Waals surface area contributed by atoms with Crippen LogP contribution in [0.1, 0.15) is 25.7 Å². The van der Waals surface area contributed by atoms with E-state index < -0.39 is 5.97 Å². The normalized spacial score (nSPS) is 11.3. The van der Waals surface area contributed by atoms with Crippen LogP contribution in [0.5, 0.6) is 0 Å². The molecule has 0 bridgehead atoms. The minimum absolute atomic E-state index is 0.0178. The molecule has 0 aromatic rings. The topological polar surface area (TPSA) is 185 Å². The molecule has 0 aliphatic rings. The van der Waals surface area contributed by atoms with E-state index >= 15 is 0 Å². The Kier molecular flexibility index (Phi) is 38.3. The highest BCUT2D eigenvalue weighted by Crippen LogP contribution is 2.01. The number of carbonyl (C=O) groups excluding carboxylic acids is 1. The van der Waals surface area contributed by atoms with Crippen LogP contribution in [0.3, 0.4) is 0 Å². The zero-order valence-electron chi connectivity index (χ0n) is 27.4. The zero-order chi connectivity index (χ0) is 33.4. The summed E-state index contributed by atoms with van der Waals surface area (Å²) < 4.78 is 64.2. The fraction of sp³-hybridized carbons (Fsp3) is 0.933. The third kappa shape index (κ3) is 40.5. The quantitative estimate of drug-likeness (QED) is 0.0669. The van der Waals surface area contributed by atoms with Gasteiger partial charge in [0.05, 0.1) is 152 Å². The molecule has 0 amide bonds. The van der Waals surface area contributed by atoms with Gasteiger partial charge in [-0.1, -0.05) is 0 Å². The lowest BCUT2D eigenvalue weighted by molar-refractivity contribution is -0.146. The van der Waals surface area contributed by atoms with E-state index in [0.717, 1.165) is 0 Å². The molecule has 0 unspecified atom stereocenters. The lowest BCUT2D eigenvalue weighted by Gasteiger charge is -2.09.